The summed E-state index contributed by atoms with van der Waals surface area (Å²) in [5, 5.41) is 6.90. The first-order valence-electron chi connectivity index (χ1n) is 10.3. The first-order chi connectivity index (χ1) is 13.9. The standard InChI is InChI=1S/C22H29N5O/c1-2-6-18(7-3-1)10-11-23-21-16-22(25-17-24-21)26-19-8-4-5-9-20(19)27-12-14-28-15-13-27/h4-6,8-9,16-17H,1-3,7,10-15H2,(H2,23,24,25,26). The Morgan fingerprint density at radius 1 is 1.04 bits per heavy atom. The molecule has 0 atom stereocenters. The lowest BCUT2D eigenvalue weighted by molar-refractivity contribution is 0.123. The van der Waals surface area contributed by atoms with Gasteiger partial charge in [0.15, 0.2) is 0 Å². The third kappa shape index (κ3) is 5.01. The van der Waals surface area contributed by atoms with Crippen molar-refractivity contribution in [2.24, 2.45) is 0 Å². The molecular formula is C22H29N5O. The predicted molar refractivity (Wildman–Crippen MR) is 114 cm³/mol. The Morgan fingerprint density at radius 2 is 1.89 bits per heavy atom. The molecule has 4 rings (SSSR count). The van der Waals surface area contributed by atoms with Gasteiger partial charge in [-0.2, -0.15) is 0 Å². The van der Waals surface area contributed by atoms with Crippen LogP contribution in [0.25, 0.3) is 0 Å². The number of nitrogens with one attached hydrogen (secondary N) is 2. The van der Waals surface area contributed by atoms with Crippen LogP contribution in [0.5, 0.6) is 0 Å². The van der Waals surface area contributed by atoms with Crippen molar-refractivity contribution in [1.82, 2.24) is 9.97 Å². The smallest absolute Gasteiger partial charge is 0.135 e. The average molecular weight is 380 g/mol. The normalized spacial score (nSPS) is 17.1. The Labute approximate surface area is 167 Å². The molecule has 2 aliphatic rings. The van der Waals surface area contributed by atoms with E-state index in [4.69, 9.17) is 4.74 Å². The van der Waals surface area contributed by atoms with Gasteiger partial charge in [0.1, 0.15) is 18.0 Å². The van der Waals surface area contributed by atoms with Gasteiger partial charge in [0.05, 0.1) is 24.6 Å². The summed E-state index contributed by atoms with van der Waals surface area (Å²) in [6.07, 6.45) is 10.3. The minimum absolute atomic E-state index is 0.770. The molecule has 0 bridgehead atoms. The Hall–Kier alpha value is -2.60. The third-order valence-corrected chi connectivity index (χ3v) is 5.32. The Balaban J connectivity index is 1.39. The van der Waals surface area contributed by atoms with E-state index in [0.29, 0.717) is 0 Å². The van der Waals surface area contributed by atoms with Crippen LogP contribution in [-0.2, 0) is 4.74 Å². The van der Waals surface area contributed by atoms with Gasteiger partial charge in [-0.3, -0.25) is 0 Å². The molecule has 28 heavy (non-hydrogen) atoms. The van der Waals surface area contributed by atoms with Crippen molar-refractivity contribution in [2.45, 2.75) is 32.1 Å². The molecular weight excluding hydrogens is 350 g/mol. The lowest BCUT2D eigenvalue weighted by Gasteiger charge is -2.30. The van der Waals surface area contributed by atoms with Gasteiger partial charge < -0.3 is 20.3 Å². The van der Waals surface area contributed by atoms with Crippen molar-refractivity contribution in [3.05, 3.63) is 48.3 Å². The van der Waals surface area contributed by atoms with Crippen LogP contribution >= 0.6 is 0 Å². The first-order valence-corrected chi connectivity index (χ1v) is 10.3. The lowest BCUT2D eigenvalue weighted by atomic mass is 9.97. The fraction of sp³-hybridized carbons (Fsp3) is 0.455. The SMILES string of the molecule is C1=C(CCNc2cc(Nc3ccccc3N3CCOCC3)ncn2)CCCC1. The van der Waals surface area contributed by atoms with E-state index in [9.17, 15) is 0 Å². The van der Waals surface area contributed by atoms with Gasteiger partial charge >= 0.3 is 0 Å². The fourth-order valence-corrected chi connectivity index (χ4v) is 3.80. The van der Waals surface area contributed by atoms with Crippen LogP contribution in [0.1, 0.15) is 32.1 Å². The van der Waals surface area contributed by atoms with Gasteiger partial charge in [0.25, 0.3) is 0 Å². The number of ether oxygens (including phenoxy) is 1. The Kier molecular flexibility index (Phi) is 6.40. The van der Waals surface area contributed by atoms with E-state index in [1.807, 2.05) is 12.1 Å². The largest absolute Gasteiger partial charge is 0.378 e. The lowest BCUT2D eigenvalue weighted by Crippen LogP contribution is -2.36. The molecule has 1 fully saturated rings. The molecule has 2 N–H and O–H groups in total. The second-order valence-electron chi connectivity index (χ2n) is 7.31. The van der Waals surface area contributed by atoms with Crippen LogP contribution in [0.4, 0.5) is 23.0 Å². The zero-order valence-electron chi connectivity index (χ0n) is 16.4. The van der Waals surface area contributed by atoms with Gasteiger partial charge in [-0.25, -0.2) is 9.97 Å². The van der Waals surface area contributed by atoms with E-state index in [1.165, 1.54) is 31.4 Å². The predicted octanol–water partition coefficient (Wildman–Crippen LogP) is 4.36. The number of nitrogens with zero attached hydrogens (tertiary/aromatic N) is 3. The van der Waals surface area contributed by atoms with Crippen LogP contribution in [-0.4, -0.2) is 42.8 Å². The van der Waals surface area contributed by atoms with Gasteiger partial charge in [-0.1, -0.05) is 23.8 Å². The maximum atomic E-state index is 5.48. The minimum Gasteiger partial charge on any atom is -0.378 e. The summed E-state index contributed by atoms with van der Waals surface area (Å²) in [6, 6.07) is 10.3. The number of aromatic nitrogens is 2. The molecule has 2 heterocycles. The van der Waals surface area contributed by atoms with Gasteiger partial charge in [0, 0.05) is 25.7 Å². The Bertz CT molecular complexity index is 801. The van der Waals surface area contributed by atoms with E-state index in [-0.39, 0.29) is 0 Å². The fourth-order valence-electron chi connectivity index (χ4n) is 3.80. The highest BCUT2D eigenvalue weighted by atomic mass is 16.5. The van der Waals surface area contributed by atoms with Crippen molar-refractivity contribution in [3.8, 4) is 0 Å². The summed E-state index contributed by atoms with van der Waals surface area (Å²) >= 11 is 0. The first kappa shape index (κ1) is 18.7. The maximum Gasteiger partial charge on any atom is 0.135 e. The molecule has 1 aliphatic carbocycles. The second kappa shape index (κ2) is 9.55. The van der Waals surface area contributed by atoms with Gasteiger partial charge in [0.2, 0.25) is 0 Å². The van der Waals surface area contributed by atoms with E-state index in [2.05, 4.69) is 49.8 Å². The zero-order chi connectivity index (χ0) is 19.0. The highest BCUT2D eigenvalue weighted by Crippen LogP contribution is 2.29. The molecule has 6 heteroatoms. The summed E-state index contributed by atoms with van der Waals surface area (Å²) < 4.78 is 5.48. The monoisotopic (exact) mass is 379 g/mol. The number of para-hydroxylation sites is 2. The third-order valence-electron chi connectivity index (χ3n) is 5.32. The molecule has 1 saturated heterocycles. The maximum absolute atomic E-state index is 5.48. The van der Waals surface area contributed by atoms with Gasteiger partial charge in [-0.15, -0.1) is 0 Å². The average Bonchev–Trinajstić information content (AvgIpc) is 2.76. The topological polar surface area (TPSA) is 62.3 Å². The molecule has 1 aromatic heterocycles. The van der Waals surface area contributed by atoms with Crippen LogP contribution in [0, 0.1) is 0 Å². The molecule has 1 aromatic carbocycles. The van der Waals surface area contributed by atoms with Crippen LogP contribution in [0.2, 0.25) is 0 Å². The van der Waals surface area contributed by atoms with Crippen molar-refractivity contribution >= 4 is 23.0 Å². The van der Waals surface area contributed by atoms with Crippen molar-refractivity contribution in [1.29, 1.82) is 0 Å². The number of allylic oxidation sites excluding steroid dienone is 1. The van der Waals surface area contributed by atoms with E-state index in [1.54, 1.807) is 11.9 Å². The summed E-state index contributed by atoms with van der Waals surface area (Å²) in [5.74, 6) is 1.66. The number of hydrogen-bond donors (Lipinski definition) is 2. The van der Waals surface area contributed by atoms with E-state index < -0.39 is 0 Å². The van der Waals surface area contributed by atoms with Crippen LogP contribution < -0.4 is 15.5 Å². The quantitative estimate of drug-likeness (QED) is 0.697. The summed E-state index contributed by atoms with van der Waals surface area (Å²) in [5.41, 5.74) is 3.81. The highest BCUT2D eigenvalue weighted by molar-refractivity contribution is 5.74. The molecule has 2 aromatic rings. The number of anilines is 4. The summed E-state index contributed by atoms with van der Waals surface area (Å²) in [4.78, 5) is 11.1. The molecule has 6 nitrogen and oxygen atoms in total. The molecule has 0 spiro atoms. The zero-order valence-corrected chi connectivity index (χ0v) is 16.4. The molecule has 0 amide bonds. The van der Waals surface area contributed by atoms with Crippen molar-refractivity contribution in [2.75, 3.05) is 48.4 Å². The number of hydrogen-bond acceptors (Lipinski definition) is 6. The summed E-state index contributed by atoms with van der Waals surface area (Å²) in [7, 11) is 0. The van der Waals surface area contributed by atoms with Crippen LogP contribution in [0.3, 0.4) is 0 Å². The number of benzene rings is 1. The van der Waals surface area contributed by atoms with Crippen molar-refractivity contribution in [3.63, 3.8) is 0 Å². The molecule has 0 radical (unpaired) electrons. The molecule has 148 valence electrons. The summed E-state index contributed by atoms with van der Waals surface area (Å²) in [6.45, 7) is 4.27. The molecule has 1 aliphatic heterocycles. The van der Waals surface area contributed by atoms with Crippen molar-refractivity contribution < 1.29 is 4.74 Å². The van der Waals surface area contributed by atoms with E-state index in [0.717, 1.165) is 56.6 Å². The molecule has 0 saturated carbocycles. The molecule has 0 unspecified atom stereocenters. The minimum atomic E-state index is 0.770. The number of morpholine rings is 1. The van der Waals surface area contributed by atoms with E-state index >= 15 is 0 Å². The Morgan fingerprint density at radius 3 is 2.75 bits per heavy atom. The highest BCUT2D eigenvalue weighted by Gasteiger charge is 2.15. The second-order valence-corrected chi connectivity index (χ2v) is 7.31. The van der Waals surface area contributed by atoms with Gasteiger partial charge in [-0.05, 0) is 44.2 Å². The number of rotatable bonds is 7. The van der Waals surface area contributed by atoms with Crippen LogP contribution in [0.15, 0.2) is 48.3 Å².